The van der Waals surface area contributed by atoms with Crippen molar-refractivity contribution in [2.75, 3.05) is 18.6 Å². The van der Waals surface area contributed by atoms with Crippen LogP contribution in [0, 0.1) is 0 Å². The summed E-state index contributed by atoms with van der Waals surface area (Å²) in [4.78, 5) is 0. The minimum absolute atomic E-state index is 0.0696. The Bertz CT molecular complexity index is 573. The molecule has 1 rings (SSSR count). The number of rotatable bonds is 8. The first-order valence-corrected chi connectivity index (χ1v) is 9.95. The molecule has 0 aromatic carbocycles. The van der Waals surface area contributed by atoms with Crippen LogP contribution in [0.25, 0.3) is 0 Å². The van der Waals surface area contributed by atoms with Gasteiger partial charge in [-0.25, -0.2) is 13.1 Å². The maximum Gasteiger partial charge on any atom is 0.273 e. The van der Waals surface area contributed by atoms with E-state index in [1.54, 1.807) is 12.3 Å². The van der Waals surface area contributed by atoms with Crippen LogP contribution >= 0.6 is 0 Å². The standard InChI is InChI=1S/C13H24N2O4S2/c1-13(2,3)14-10-11-6-7-12(19-11)21(17,18)15-8-5-9-20(4)16/h6-7,14-15H,5,8-10H2,1-4H3. The maximum atomic E-state index is 12.0. The summed E-state index contributed by atoms with van der Waals surface area (Å²) < 4.78 is 42.7. The molecule has 2 N–H and O–H groups in total. The highest BCUT2D eigenvalue weighted by Crippen LogP contribution is 2.14. The minimum Gasteiger partial charge on any atom is -0.447 e. The summed E-state index contributed by atoms with van der Waals surface area (Å²) >= 11 is 0. The zero-order valence-electron chi connectivity index (χ0n) is 12.9. The van der Waals surface area contributed by atoms with E-state index in [2.05, 4.69) is 10.0 Å². The van der Waals surface area contributed by atoms with E-state index in [0.29, 0.717) is 24.5 Å². The third-order valence-electron chi connectivity index (χ3n) is 2.60. The Balaban J connectivity index is 2.55. The lowest BCUT2D eigenvalue weighted by Crippen LogP contribution is -2.34. The first kappa shape index (κ1) is 18.3. The number of nitrogens with one attached hydrogen (secondary N) is 2. The van der Waals surface area contributed by atoms with E-state index in [-0.39, 0.29) is 17.2 Å². The largest absolute Gasteiger partial charge is 0.447 e. The van der Waals surface area contributed by atoms with Crippen LogP contribution in [0.3, 0.4) is 0 Å². The van der Waals surface area contributed by atoms with E-state index in [0.717, 1.165) is 0 Å². The molecule has 0 amide bonds. The van der Waals surface area contributed by atoms with Crippen molar-refractivity contribution in [3.8, 4) is 0 Å². The Morgan fingerprint density at radius 1 is 1.29 bits per heavy atom. The Morgan fingerprint density at radius 3 is 2.52 bits per heavy atom. The zero-order chi connectivity index (χ0) is 16.1. The number of furan rings is 1. The summed E-state index contributed by atoms with van der Waals surface area (Å²) in [6, 6.07) is 3.09. The molecule has 1 atom stereocenters. The van der Waals surface area contributed by atoms with E-state index in [4.69, 9.17) is 4.42 Å². The van der Waals surface area contributed by atoms with Gasteiger partial charge in [0, 0.05) is 34.9 Å². The lowest BCUT2D eigenvalue weighted by Gasteiger charge is -2.19. The first-order chi connectivity index (χ1) is 9.60. The molecule has 0 aliphatic heterocycles. The van der Waals surface area contributed by atoms with Gasteiger partial charge in [-0.2, -0.15) is 0 Å². The SMILES string of the molecule is CS(=O)CCCNS(=O)(=O)c1ccc(CNC(C)(C)C)o1. The minimum atomic E-state index is -3.63. The van der Waals surface area contributed by atoms with Crippen molar-refractivity contribution in [1.82, 2.24) is 10.0 Å². The molecule has 1 aromatic heterocycles. The van der Waals surface area contributed by atoms with Crippen LogP contribution in [0.1, 0.15) is 33.0 Å². The Kier molecular flexibility index (Phi) is 6.58. The molecule has 0 aliphatic carbocycles. The molecule has 21 heavy (non-hydrogen) atoms. The third-order valence-corrected chi connectivity index (χ3v) is 4.79. The van der Waals surface area contributed by atoms with Crippen molar-refractivity contribution < 1.29 is 17.0 Å². The van der Waals surface area contributed by atoms with Gasteiger partial charge in [-0.05, 0) is 39.3 Å². The third kappa shape index (κ3) is 7.21. The number of hydrogen-bond acceptors (Lipinski definition) is 5. The summed E-state index contributed by atoms with van der Waals surface area (Å²) in [6.07, 6.45) is 2.12. The van der Waals surface area contributed by atoms with E-state index in [9.17, 15) is 12.6 Å². The average Bonchev–Trinajstić information content (AvgIpc) is 2.81. The predicted molar refractivity (Wildman–Crippen MR) is 84.0 cm³/mol. The van der Waals surface area contributed by atoms with Crippen LogP contribution in [0.5, 0.6) is 0 Å². The molecule has 0 saturated heterocycles. The molecule has 8 heteroatoms. The lowest BCUT2D eigenvalue weighted by atomic mass is 10.1. The molecule has 0 saturated carbocycles. The second-order valence-electron chi connectivity index (χ2n) is 5.85. The normalized spacial score (nSPS) is 14.3. The van der Waals surface area contributed by atoms with Crippen LogP contribution in [-0.2, 0) is 27.4 Å². The molecule has 1 unspecified atom stereocenters. The molecule has 0 radical (unpaired) electrons. The fourth-order valence-corrected chi connectivity index (χ4v) is 3.07. The van der Waals surface area contributed by atoms with E-state index >= 15 is 0 Å². The smallest absolute Gasteiger partial charge is 0.273 e. The highest BCUT2D eigenvalue weighted by atomic mass is 32.2. The molecule has 6 nitrogen and oxygen atoms in total. The van der Waals surface area contributed by atoms with Crippen LogP contribution in [-0.4, -0.2) is 36.7 Å². The van der Waals surface area contributed by atoms with Crippen molar-refractivity contribution in [2.45, 2.75) is 44.4 Å². The van der Waals surface area contributed by atoms with E-state index in [1.807, 2.05) is 20.8 Å². The van der Waals surface area contributed by atoms with Crippen LogP contribution < -0.4 is 10.0 Å². The van der Waals surface area contributed by atoms with Gasteiger partial charge in [0.25, 0.3) is 10.0 Å². The second-order valence-corrected chi connectivity index (χ2v) is 9.11. The van der Waals surface area contributed by atoms with Gasteiger partial charge in [0.2, 0.25) is 5.09 Å². The summed E-state index contributed by atoms with van der Waals surface area (Å²) in [5.41, 5.74) is -0.0696. The fraction of sp³-hybridized carbons (Fsp3) is 0.692. The molecule has 0 bridgehead atoms. The van der Waals surface area contributed by atoms with Crippen molar-refractivity contribution in [3.63, 3.8) is 0 Å². The number of hydrogen-bond donors (Lipinski definition) is 2. The Labute approximate surface area is 129 Å². The summed E-state index contributed by atoms with van der Waals surface area (Å²) in [5.74, 6) is 1.04. The van der Waals surface area contributed by atoms with Crippen LogP contribution in [0.4, 0.5) is 0 Å². The van der Waals surface area contributed by atoms with Gasteiger partial charge in [0.15, 0.2) is 0 Å². The van der Waals surface area contributed by atoms with Crippen molar-refractivity contribution in [2.24, 2.45) is 0 Å². The van der Waals surface area contributed by atoms with E-state index in [1.165, 1.54) is 6.07 Å². The molecule has 1 heterocycles. The maximum absolute atomic E-state index is 12.0. The fourth-order valence-electron chi connectivity index (χ4n) is 1.50. The molecule has 0 fully saturated rings. The van der Waals surface area contributed by atoms with E-state index < -0.39 is 20.8 Å². The highest BCUT2D eigenvalue weighted by molar-refractivity contribution is 7.89. The van der Waals surface area contributed by atoms with Gasteiger partial charge in [-0.3, -0.25) is 4.21 Å². The second kappa shape index (κ2) is 7.53. The molecule has 0 aliphatic rings. The number of sulfonamides is 1. The van der Waals surface area contributed by atoms with Gasteiger partial charge >= 0.3 is 0 Å². The highest BCUT2D eigenvalue weighted by Gasteiger charge is 2.19. The first-order valence-electron chi connectivity index (χ1n) is 6.73. The quantitative estimate of drug-likeness (QED) is 0.697. The van der Waals surface area contributed by atoms with Crippen molar-refractivity contribution in [1.29, 1.82) is 0 Å². The predicted octanol–water partition coefficient (Wildman–Crippen LogP) is 1.21. The van der Waals surface area contributed by atoms with Gasteiger partial charge < -0.3 is 9.73 Å². The topological polar surface area (TPSA) is 88.4 Å². The van der Waals surface area contributed by atoms with Crippen LogP contribution in [0.2, 0.25) is 0 Å². The molecule has 0 spiro atoms. The van der Waals surface area contributed by atoms with Crippen molar-refractivity contribution >= 4 is 20.8 Å². The average molecular weight is 336 g/mol. The Hall–Kier alpha value is -0.700. The summed E-state index contributed by atoms with van der Waals surface area (Å²) in [5, 5.41) is 3.13. The molecular weight excluding hydrogens is 312 g/mol. The Morgan fingerprint density at radius 2 is 1.95 bits per heavy atom. The monoisotopic (exact) mass is 336 g/mol. The lowest BCUT2D eigenvalue weighted by molar-refractivity contribution is 0.359. The zero-order valence-corrected chi connectivity index (χ0v) is 14.6. The van der Waals surface area contributed by atoms with Gasteiger partial charge in [0.1, 0.15) is 5.76 Å². The summed E-state index contributed by atoms with van der Waals surface area (Å²) in [7, 11) is -4.55. The molecular formula is C13H24N2O4S2. The molecule has 1 aromatic rings. The van der Waals surface area contributed by atoms with Gasteiger partial charge in [-0.15, -0.1) is 0 Å². The van der Waals surface area contributed by atoms with Crippen molar-refractivity contribution in [3.05, 3.63) is 17.9 Å². The van der Waals surface area contributed by atoms with Crippen LogP contribution in [0.15, 0.2) is 21.6 Å². The summed E-state index contributed by atoms with van der Waals surface area (Å²) in [6.45, 7) is 6.78. The molecule has 122 valence electrons. The van der Waals surface area contributed by atoms with Gasteiger partial charge in [0.05, 0.1) is 6.54 Å². The van der Waals surface area contributed by atoms with Gasteiger partial charge in [-0.1, -0.05) is 0 Å².